The van der Waals surface area contributed by atoms with Gasteiger partial charge in [0, 0.05) is 24.1 Å². The van der Waals surface area contributed by atoms with Crippen molar-refractivity contribution >= 4 is 0 Å². The standard InChI is InChI=1S/C16H16FNO2/c1-19-13-4-2-3-10(6-13)15-8-12(17)5-11-7-14(9-18)20-16(11)15/h2-6,8,14H,7,9,18H2,1H3/t14-/m0/s1. The van der Waals surface area contributed by atoms with Gasteiger partial charge < -0.3 is 15.2 Å². The minimum Gasteiger partial charge on any atom is -0.497 e. The summed E-state index contributed by atoms with van der Waals surface area (Å²) in [4.78, 5) is 0. The Morgan fingerprint density at radius 1 is 1.35 bits per heavy atom. The van der Waals surface area contributed by atoms with E-state index in [4.69, 9.17) is 15.2 Å². The molecule has 0 bridgehead atoms. The van der Waals surface area contributed by atoms with Gasteiger partial charge in [0.05, 0.1) is 7.11 Å². The second-order valence-corrected chi connectivity index (χ2v) is 4.85. The van der Waals surface area contributed by atoms with Crippen molar-refractivity contribution in [2.75, 3.05) is 13.7 Å². The Hall–Kier alpha value is -2.07. The van der Waals surface area contributed by atoms with Crippen LogP contribution >= 0.6 is 0 Å². The third-order valence-electron chi connectivity index (χ3n) is 3.51. The molecule has 0 amide bonds. The van der Waals surface area contributed by atoms with Crippen LogP contribution in [0.3, 0.4) is 0 Å². The van der Waals surface area contributed by atoms with E-state index in [9.17, 15) is 4.39 Å². The van der Waals surface area contributed by atoms with Gasteiger partial charge in [0.25, 0.3) is 0 Å². The second kappa shape index (κ2) is 5.13. The molecule has 20 heavy (non-hydrogen) atoms. The molecule has 2 aromatic rings. The van der Waals surface area contributed by atoms with Gasteiger partial charge in [-0.15, -0.1) is 0 Å². The van der Waals surface area contributed by atoms with Crippen LogP contribution in [0.2, 0.25) is 0 Å². The van der Waals surface area contributed by atoms with Crippen molar-refractivity contribution in [3.8, 4) is 22.6 Å². The first-order chi connectivity index (χ1) is 9.71. The normalized spacial score (nSPS) is 16.6. The highest BCUT2D eigenvalue weighted by Gasteiger charge is 2.26. The van der Waals surface area contributed by atoms with E-state index in [2.05, 4.69) is 0 Å². The molecule has 0 saturated heterocycles. The van der Waals surface area contributed by atoms with E-state index in [1.165, 1.54) is 12.1 Å². The number of hydrogen-bond acceptors (Lipinski definition) is 3. The average Bonchev–Trinajstić information content (AvgIpc) is 2.89. The predicted molar refractivity (Wildman–Crippen MR) is 75.6 cm³/mol. The van der Waals surface area contributed by atoms with E-state index in [0.29, 0.717) is 13.0 Å². The van der Waals surface area contributed by atoms with Gasteiger partial charge in [0.15, 0.2) is 0 Å². The Bertz CT molecular complexity index is 642. The molecule has 2 N–H and O–H groups in total. The summed E-state index contributed by atoms with van der Waals surface area (Å²) in [7, 11) is 1.61. The van der Waals surface area contributed by atoms with Crippen molar-refractivity contribution in [1.29, 1.82) is 0 Å². The lowest BCUT2D eigenvalue weighted by atomic mass is 10.00. The molecule has 1 atom stereocenters. The molecule has 0 aromatic heterocycles. The minimum atomic E-state index is -0.261. The lowest BCUT2D eigenvalue weighted by Crippen LogP contribution is -2.24. The van der Waals surface area contributed by atoms with Gasteiger partial charge in [-0.25, -0.2) is 4.39 Å². The molecular formula is C16H16FNO2. The summed E-state index contributed by atoms with van der Waals surface area (Å²) in [5.74, 6) is 1.20. The van der Waals surface area contributed by atoms with E-state index >= 15 is 0 Å². The van der Waals surface area contributed by atoms with Crippen LogP contribution in [0.1, 0.15) is 5.56 Å². The molecule has 4 heteroatoms. The monoisotopic (exact) mass is 273 g/mol. The summed E-state index contributed by atoms with van der Waals surface area (Å²) in [6, 6.07) is 10.5. The van der Waals surface area contributed by atoms with Gasteiger partial charge in [-0.1, -0.05) is 12.1 Å². The number of rotatable bonds is 3. The summed E-state index contributed by atoms with van der Waals surface area (Å²) in [6.45, 7) is 0.424. The van der Waals surface area contributed by atoms with Crippen LogP contribution in [0.4, 0.5) is 4.39 Å². The SMILES string of the molecule is COc1cccc(-c2cc(F)cc3c2O[C@H](CN)C3)c1. The molecule has 3 rings (SSSR count). The Morgan fingerprint density at radius 3 is 2.95 bits per heavy atom. The first-order valence-corrected chi connectivity index (χ1v) is 6.55. The van der Waals surface area contributed by atoms with Crippen molar-refractivity contribution in [3.05, 3.63) is 47.8 Å². The van der Waals surface area contributed by atoms with E-state index < -0.39 is 0 Å². The maximum atomic E-state index is 13.8. The molecule has 3 nitrogen and oxygen atoms in total. The van der Waals surface area contributed by atoms with Gasteiger partial charge in [-0.05, 0) is 29.8 Å². The van der Waals surface area contributed by atoms with E-state index in [1.54, 1.807) is 7.11 Å². The van der Waals surface area contributed by atoms with E-state index in [0.717, 1.165) is 28.2 Å². The number of methoxy groups -OCH3 is 1. The maximum absolute atomic E-state index is 13.8. The molecule has 0 saturated carbocycles. The topological polar surface area (TPSA) is 44.5 Å². The number of hydrogen-bond donors (Lipinski definition) is 1. The first-order valence-electron chi connectivity index (χ1n) is 6.55. The van der Waals surface area contributed by atoms with Crippen molar-refractivity contribution in [3.63, 3.8) is 0 Å². The quantitative estimate of drug-likeness (QED) is 0.935. The van der Waals surface area contributed by atoms with Crippen LogP contribution in [0.15, 0.2) is 36.4 Å². The third-order valence-corrected chi connectivity index (χ3v) is 3.51. The average molecular weight is 273 g/mol. The van der Waals surface area contributed by atoms with E-state index in [1.807, 2.05) is 24.3 Å². The zero-order valence-electron chi connectivity index (χ0n) is 11.2. The van der Waals surface area contributed by atoms with Crippen LogP contribution < -0.4 is 15.2 Å². The number of benzene rings is 2. The Morgan fingerprint density at radius 2 is 2.20 bits per heavy atom. The van der Waals surface area contributed by atoms with Crippen molar-refractivity contribution in [2.24, 2.45) is 5.73 Å². The fraction of sp³-hybridized carbons (Fsp3) is 0.250. The molecule has 1 heterocycles. The number of fused-ring (bicyclic) bond motifs is 1. The highest BCUT2D eigenvalue weighted by Crippen LogP contribution is 2.40. The van der Waals surface area contributed by atoms with Gasteiger partial charge >= 0.3 is 0 Å². The zero-order valence-corrected chi connectivity index (χ0v) is 11.2. The van der Waals surface area contributed by atoms with Gasteiger partial charge in [-0.3, -0.25) is 0 Å². The van der Waals surface area contributed by atoms with Crippen molar-refractivity contribution in [1.82, 2.24) is 0 Å². The summed E-state index contributed by atoms with van der Waals surface area (Å²) >= 11 is 0. The second-order valence-electron chi connectivity index (χ2n) is 4.85. The Kier molecular flexibility index (Phi) is 3.32. The Labute approximate surface area is 117 Å². The minimum absolute atomic E-state index is 0.0730. The maximum Gasteiger partial charge on any atom is 0.131 e. The van der Waals surface area contributed by atoms with Gasteiger partial charge in [0.1, 0.15) is 23.4 Å². The molecule has 0 spiro atoms. The fourth-order valence-corrected chi connectivity index (χ4v) is 2.53. The first kappa shape index (κ1) is 12.9. The molecule has 2 aromatic carbocycles. The third kappa shape index (κ3) is 2.23. The molecular weight excluding hydrogens is 257 g/mol. The van der Waals surface area contributed by atoms with Crippen LogP contribution in [0, 0.1) is 5.82 Å². The summed E-state index contributed by atoms with van der Waals surface area (Å²) in [5, 5.41) is 0. The molecule has 1 aliphatic heterocycles. The number of ether oxygens (including phenoxy) is 2. The summed E-state index contributed by atoms with van der Waals surface area (Å²) in [5.41, 5.74) is 8.14. The summed E-state index contributed by atoms with van der Waals surface area (Å²) < 4.78 is 24.9. The number of nitrogens with two attached hydrogens (primary N) is 1. The van der Waals surface area contributed by atoms with Gasteiger partial charge in [0.2, 0.25) is 0 Å². The van der Waals surface area contributed by atoms with E-state index in [-0.39, 0.29) is 11.9 Å². The van der Waals surface area contributed by atoms with Crippen LogP contribution in [0.25, 0.3) is 11.1 Å². The predicted octanol–water partition coefficient (Wildman–Crippen LogP) is 2.76. The highest BCUT2D eigenvalue weighted by molar-refractivity contribution is 5.74. The lowest BCUT2D eigenvalue weighted by Gasteiger charge is -2.12. The van der Waals surface area contributed by atoms with Gasteiger partial charge in [-0.2, -0.15) is 0 Å². The van der Waals surface area contributed by atoms with Crippen molar-refractivity contribution < 1.29 is 13.9 Å². The molecule has 104 valence electrons. The Balaban J connectivity index is 2.10. The highest BCUT2D eigenvalue weighted by atomic mass is 19.1. The molecule has 0 aliphatic carbocycles. The van der Waals surface area contributed by atoms with Crippen LogP contribution in [0.5, 0.6) is 11.5 Å². The zero-order chi connectivity index (χ0) is 14.1. The lowest BCUT2D eigenvalue weighted by molar-refractivity contribution is 0.242. The molecule has 0 fully saturated rings. The largest absolute Gasteiger partial charge is 0.497 e. The fourth-order valence-electron chi connectivity index (χ4n) is 2.53. The van der Waals surface area contributed by atoms with Crippen LogP contribution in [-0.2, 0) is 6.42 Å². The van der Waals surface area contributed by atoms with Crippen molar-refractivity contribution in [2.45, 2.75) is 12.5 Å². The smallest absolute Gasteiger partial charge is 0.131 e. The molecule has 0 unspecified atom stereocenters. The molecule has 0 radical (unpaired) electrons. The molecule has 1 aliphatic rings. The summed E-state index contributed by atoms with van der Waals surface area (Å²) in [6.07, 6.45) is 0.580. The van der Waals surface area contributed by atoms with Crippen LogP contribution in [-0.4, -0.2) is 19.8 Å². The number of halogens is 1.